The average Bonchev–Trinajstić information content (AvgIpc) is 3.19. The van der Waals surface area contributed by atoms with Gasteiger partial charge in [0, 0.05) is 7.05 Å². The number of para-hydroxylation sites is 2. The van der Waals surface area contributed by atoms with Gasteiger partial charge in [-0.1, -0.05) is 18.2 Å². The van der Waals surface area contributed by atoms with Crippen LogP contribution < -0.4 is 4.74 Å². The number of imidazole rings is 1. The van der Waals surface area contributed by atoms with Gasteiger partial charge in [0.15, 0.2) is 5.82 Å². The summed E-state index contributed by atoms with van der Waals surface area (Å²) in [4.78, 5) is 18.7. The Morgan fingerprint density at radius 1 is 1.04 bits per heavy atom. The summed E-state index contributed by atoms with van der Waals surface area (Å²) in [5.41, 5.74) is 4.15. The smallest absolute Gasteiger partial charge is 0.353 e. The molecule has 130 valence electrons. The first-order valence-electron chi connectivity index (χ1n) is 8.33. The molecule has 0 unspecified atom stereocenters. The Labute approximate surface area is 155 Å². The van der Waals surface area contributed by atoms with E-state index in [0.717, 1.165) is 32.9 Å². The average molecular weight is 362 g/mol. The highest BCUT2D eigenvalue weighted by molar-refractivity contribution is 7.17. The fourth-order valence-corrected chi connectivity index (χ4v) is 3.99. The molecule has 0 aliphatic heterocycles. The van der Waals surface area contributed by atoms with Gasteiger partial charge in [-0.25, -0.2) is 9.78 Å². The molecule has 2 heterocycles. The van der Waals surface area contributed by atoms with Crippen molar-refractivity contribution in [2.75, 3.05) is 0 Å². The van der Waals surface area contributed by atoms with Crippen LogP contribution in [0.4, 0.5) is 0 Å². The van der Waals surface area contributed by atoms with Crippen molar-refractivity contribution in [3.05, 3.63) is 70.6 Å². The summed E-state index contributed by atoms with van der Waals surface area (Å²) in [5.74, 6) is 1.08. The Morgan fingerprint density at radius 3 is 2.50 bits per heavy atom. The molecule has 0 saturated carbocycles. The van der Waals surface area contributed by atoms with Gasteiger partial charge in [-0.15, -0.1) is 11.3 Å². The van der Waals surface area contributed by atoms with Gasteiger partial charge in [-0.3, -0.25) is 0 Å². The Bertz CT molecular complexity index is 1100. The van der Waals surface area contributed by atoms with Crippen molar-refractivity contribution >= 4 is 28.3 Å². The second-order valence-corrected chi connectivity index (χ2v) is 7.44. The molecule has 0 amide bonds. The molecule has 5 heteroatoms. The third kappa shape index (κ3) is 3.02. The molecule has 0 fully saturated rings. The van der Waals surface area contributed by atoms with Gasteiger partial charge in [0.2, 0.25) is 0 Å². The van der Waals surface area contributed by atoms with Crippen molar-refractivity contribution in [1.29, 1.82) is 0 Å². The molecular weight excluding hydrogens is 344 g/mol. The SMILES string of the molecule is Cc1cc(C)cc(OC(=O)c2ccc(-c3nc4ccccc4n3C)s2)c1. The summed E-state index contributed by atoms with van der Waals surface area (Å²) in [6.45, 7) is 3.97. The first kappa shape index (κ1) is 16.5. The monoisotopic (exact) mass is 362 g/mol. The van der Waals surface area contributed by atoms with Crippen LogP contribution >= 0.6 is 11.3 Å². The van der Waals surface area contributed by atoms with Crippen molar-refractivity contribution in [3.63, 3.8) is 0 Å². The van der Waals surface area contributed by atoms with E-state index in [1.54, 1.807) is 6.07 Å². The molecule has 4 nitrogen and oxygen atoms in total. The summed E-state index contributed by atoms with van der Waals surface area (Å²) >= 11 is 1.39. The molecule has 4 aromatic rings. The van der Waals surface area contributed by atoms with Crippen molar-refractivity contribution in [3.8, 4) is 16.5 Å². The highest BCUT2D eigenvalue weighted by atomic mass is 32.1. The van der Waals surface area contributed by atoms with Gasteiger partial charge in [-0.2, -0.15) is 0 Å². The number of hydrogen-bond acceptors (Lipinski definition) is 4. The lowest BCUT2D eigenvalue weighted by atomic mass is 10.1. The van der Waals surface area contributed by atoms with Crippen LogP contribution in [0.3, 0.4) is 0 Å². The number of ether oxygens (including phenoxy) is 1. The molecule has 0 aliphatic rings. The number of nitrogens with zero attached hydrogens (tertiary/aromatic N) is 2. The maximum Gasteiger partial charge on any atom is 0.353 e. The van der Waals surface area contributed by atoms with E-state index in [-0.39, 0.29) is 5.97 Å². The summed E-state index contributed by atoms with van der Waals surface area (Å²) in [6.07, 6.45) is 0. The number of carbonyl (C=O) groups is 1. The number of carbonyl (C=O) groups excluding carboxylic acids is 1. The Balaban J connectivity index is 1.62. The second-order valence-electron chi connectivity index (χ2n) is 6.36. The van der Waals surface area contributed by atoms with E-state index in [2.05, 4.69) is 4.98 Å². The van der Waals surface area contributed by atoms with E-state index >= 15 is 0 Å². The zero-order valence-corrected chi connectivity index (χ0v) is 15.6. The third-order valence-electron chi connectivity index (χ3n) is 4.22. The molecule has 2 aromatic carbocycles. The van der Waals surface area contributed by atoms with Crippen LogP contribution in [0, 0.1) is 13.8 Å². The van der Waals surface area contributed by atoms with Crippen molar-refractivity contribution in [1.82, 2.24) is 9.55 Å². The number of esters is 1. The molecule has 0 aliphatic carbocycles. The van der Waals surface area contributed by atoms with E-state index in [1.807, 2.05) is 74.0 Å². The largest absolute Gasteiger partial charge is 0.422 e. The molecule has 0 N–H and O–H groups in total. The number of aromatic nitrogens is 2. The highest BCUT2D eigenvalue weighted by Crippen LogP contribution is 2.30. The number of hydrogen-bond donors (Lipinski definition) is 0. The van der Waals surface area contributed by atoms with E-state index in [0.29, 0.717) is 10.6 Å². The number of thiophene rings is 1. The quantitative estimate of drug-likeness (QED) is 0.374. The van der Waals surface area contributed by atoms with Crippen LogP contribution in [-0.4, -0.2) is 15.5 Å². The van der Waals surface area contributed by atoms with Gasteiger partial charge >= 0.3 is 5.97 Å². The van der Waals surface area contributed by atoms with E-state index in [4.69, 9.17) is 4.74 Å². The van der Waals surface area contributed by atoms with Crippen molar-refractivity contribution in [2.45, 2.75) is 13.8 Å². The maximum absolute atomic E-state index is 12.5. The molecule has 2 aromatic heterocycles. The second kappa shape index (κ2) is 6.42. The minimum Gasteiger partial charge on any atom is -0.422 e. The van der Waals surface area contributed by atoms with Crippen LogP contribution in [0.25, 0.3) is 21.7 Å². The van der Waals surface area contributed by atoms with Gasteiger partial charge < -0.3 is 9.30 Å². The van der Waals surface area contributed by atoms with Crippen LogP contribution in [0.1, 0.15) is 20.8 Å². The Morgan fingerprint density at radius 2 is 1.77 bits per heavy atom. The number of benzene rings is 2. The standard InChI is InChI=1S/C21H18N2O2S/c1-13-10-14(2)12-15(11-13)25-21(24)19-9-8-18(26-19)20-22-16-6-4-5-7-17(16)23(20)3/h4-12H,1-3H3. The minimum absolute atomic E-state index is 0.343. The summed E-state index contributed by atoms with van der Waals surface area (Å²) < 4.78 is 7.59. The lowest BCUT2D eigenvalue weighted by Gasteiger charge is -2.05. The van der Waals surface area contributed by atoms with E-state index in [1.165, 1.54) is 11.3 Å². The zero-order valence-electron chi connectivity index (χ0n) is 14.8. The first-order chi connectivity index (χ1) is 12.5. The highest BCUT2D eigenvalue weighted by Gasteiger charge is 2.16. The van der Waals surface area contributed by atoms with Crippen LogP contribution in [0.15, 0.2) is 54.6 Å². The first-order valence-corrected chi connectivity index (χ1v) is 9.15. The van der Waals surface area contributed by atoms with E-state index in [9.17, 15) is 4.79 Å². The molecule has 0 bridgehead atoms. The van der Waals surface area contributed by atoms with Gasteiger partial charge in [0.1, 0.15) is 10.6 Å². The van der Waals surface area contributed by atoms with Gasteiger partial charge in [-0.05, 0) is 61.4 Å². The minimum atomic E-state index is -0.343. The molecular formula is C21H18N2O2S. The fraction of sp³-hybridized carbons (Fsp3) is 0.143. The van der Waals surface area contributed by atoms with Crippen LogP contribution in [-0.2, 0) is 7.05 Å². The molecule has 0 atom stereocenters. The number of fused-ring (bicyclic) bond motifs is 1. The molecule has 0 saturated heterocycles. The summed E-state index contributed by atoms with van der Waals surface area (Å²) in [5, 5.41) is 0. The lowest BCUT2D eigenvalue weighted by Crippen LogP contribution is -2.06. The van der Waals surface area contributed by atoms with E-state index < -0.39 is 0 Å². The number of aryl methyl sites for hydroxylation is 3. The summed E-state index contributed by atoms with van der Waals surface area (Å²) in [7, 11) is 1.98. The normalized spacial score (nSPS) is 11.0. The Hall–Kier alpha value is -2.92. The Kier molecular flexibility index (Phi) is 4.09. The predicted octanol–water partition coefficient (Wildman–Crippen LogP) is 5.14. The molecule has 26 heavy (non-hydrogen) atoms. The van der Waals surface area contributed by atoms with Crippen molar-refractivity contribution in [2.24, 2.45) is 7.05 Å². The van der Waals surface area contributed by atoms with Gasteiger partial charge in [0.05, 0.1) is 15.9 Å². The van der Waals surface area contributed by atoms with Crippen LogP contribution in [0.2, 0.25) is 0 Å². The summed E-state index contributed by atoms with van der Waals surface area (Å²) in [6, 6.07) is 17.5. The van der Waals surface area contributed by atoms with Crippen LogP contribution in [0.5, 0.6) is 5.75 Å². The lowest BCUT2D eigenvalue weighted by molar-refractivity contribution is 0.0740. The van der Waals surface area contributed by atoms with Gasteiger partial charge in [0.25, 0.3) is 0 Å². The molecule has 4 rings (SSSR count). The third-order valence-corrected chi connectivity index (χ3v) is 5.28. The fourth-order valence-electron chi connectivity index (χ4n) is 3.08. The topological polar surface area (TPSA) is 44.1 Å². The molecule has 0 spiro atoms. The van der Waals surface area contributed by atoms with Crippen molar-refractivity contribution < 1.29 is 9.53 Å². The molecule has 0 radical (unpaired) electrons. The maximum atomic E-state index is 12.5. The predicted molar refractivity (Wildman–Crippen MR) is 105 cm³/mol. The number of rotatable bonds is 3. The zero-order chi connectivity index (χ0) is 18.3.